The first-order valence-corrected chi connectivity index (χ1v) is 6.27. The lowest BCUT2D eigenvalue weighted by Gasteiger charge is -2.26. The summed E-state index contributed by atoms with van der Waals surface area (Å²) in [7, 11) is 0. The molecule has 1 aliphatic heterocycles. The molecule has 0 bridgehead atoms. The predicted octanol–water partition coefficient (Wildman–Crippen LogP) is 0.471. The third-order valence-electron chi connectivity index (χ3n) is 4.00. The van der Waals surface area contributed by atoms with Gasteiger partial charge in [-0.2, -0.15) is 0 Å². The van der Waals surface area contributed by atoms with E-state index >= 15 is 0 Å². The van der Waals surface area contributed by atoms with Gasteiger partial charge < -0.3 is 15.1 Å². The fourth-order valence-corrected chi connectivity index (χ4v) is 2.98. The van der Waals surface area contributed by atoms with Crippen LogP contribution in [-0.2, 0) is 9.59 Å². The Balaban J connectivity index is 1.95. The van der Waals surface area contributed by atoms with Gasteiger partial charge in [-0.05, 0) is 32.1 Å². The van der Waals surface area contributed by atoms with Gasteiger partial charge in [-0.3, -0.25) is 9.59 Å². The monoisotopic (exact) mass is 241 g/mol. The normalized spacial score (nSPS) is 33.0. The average Bonchev–Trinajstić information content (AvgIpc) is 2.96. The Hall–Kier alpha value is -1.10. The number of likely N-dealkylation sites (tertiary alicyclic amines) is 1. The Labute approximate surface area is 100 Å². The maximum Gasteiger partial charge on any atom is 0.306 e. The smallest absolute Gasteiger partial charge is 0.306 e. The fraction of sp³-hybridized carbons (Fsp3) is 0.833. The van der Waals surface area contributed by atoms with E-state index < -0.39 is 5.97 Å². The number of hydrogen-bond acceptors (Lipinski definition) is 3. The van der Waals surface area contributed by atoms with Crippen molar-refractivity contribution in [3.8, 4) is 0 Å². The molecule has 17 heavy (non-hydrogen) atoms. The molecule has 0 aromatic rings. The van der Waals surface area contributed by atoms with Gasteiger partial charge in [0, 0.05) is 12.5 Å². The SMILES string of the molecule is O=C(O)[C@H]1CC[C@@H](C(=O)N2CCC[C@@H]2CO)C1. The molecule has 2 rings (SSSR count). The van der Waals surface area contributed by atoms with E-state index in [1.54, 1.807) is 4.90 Å². The molecule has 1 aliphatic carbocycles. The standard InChI is InChI=1S/C12H19NO4/c14-7-10-2-1-5-13(10)11(15)8-3-4-9(6-8)12(16)17/h8-10,14H,1-7H2,(H,16,17)/t8-,9+,10-/m1/s1. The largest absolute Gasteiger partial charge is 0.481 e. The molecule has 2 fully saturated rings. The summed E-state index contributed by atoms with van der Waals surface area (Å²) in [6.45, 7) is 0.721. The second-order valence-corrected chi connectivity index (χ2v) is 5.06. The Morgan fingerprint density at radius 3 is 2.47 bits per heavy atom. The number of rotatable bonds is 3. The number of amides is 1. The Kier molecular flexibility index (Phi) is 3.66. The molecule has 2 N–H and O–H groups in total. The fourth-order valence-electron chi connectivity index (χ4n) is 2.98. The molecule has 1 heterocycles. The second-order valence-electron chi connectivity index (χ2n) is 5.06. The summed E-state index contributed by atoms with van der Waals surface area (Å²) >= 11 is 0. The van der Waals surface area contributed by atoms with Crippen molar-refractivity contribution < 1.29 is 19.8 Å². The zero-order valence-corrected chi connectivity index (χ0v) is 9.84. The minimum Gasteiger partial charge on any atom is -0.481 e. The summed E-state index contributed by atoms with van der Waals surface area (Å²) in [5, 5.41) is 18.1. The summed E-state index contributed by atoms with van der Waals surface area (Å²) in [6, 6.07) is -0.0496. The van der Waals surface area contributed by atoms with Gasteiger partial charge in [0.1, 0.15) is 0 Å². The van der Waals surface area contributed by atoms with Gasteiger partial charge in [-0.1, -0.05) is 0 Å². The van der Waals surface area contributed by atoms with E-state index in [2.05, 4.69) is 0 Å². The highest BCUT2D eigenvalue weighted by Crippen LogP contribution is 2.34. The predicted molar refractivity (Wildman–Crippen MR) is 60.3 cm³/mol. The van der Waals surface area contributed by atoms with Gasteiger partial charge in [0.25, 0.3) is 0 Å². The van der Waals surface area contributed by atoms with Crippen LogP contribution in [-0.4, -0.2) is 46.2 Å². The van der Waals surface area contributed by atoms with Gasteiger partial charge in [0.05, 0.1) is 18.6 Å². The Bertz CT molecular complexity index is 318. The lowest BCUT2D eigenvalue weighted by Crippen LogP contribution is -2.40. The maximum absolute atomic E-state index is 12.2. The van der Waals surface area contributed by atoms with E-state index in [0.29, 0.717) is 25.8 Å². The molecular formula is C12H19NO4. The summed E-state index contributed by atoms with van der Waals surface area (Å²) in [4.78, 5) is 24.8. The number of nitrogens with zero attached hydrogens (tertiary/aromatic N) is 1. The number of aliphatic carboxylic acids is 1. The van der Waals surface area contributed by atoms with E-state index in [1.165, 1.54) is 0 Å². The number of aliphatic hydroxyl groups is 1. The number of aliphatic hydroxyl groups excluding tert-OH is 1. The first-order valence-electron chi connectivity index (χ1n) is 6.27. The van der Waals surface area contributed by atoms with Crippen molar-refractivity contribution in [3.63, 3.8) is 0 Å². The minimum atomic E-state index is -0.791. The van der Waals surface area contributed by atoms with E-state index in [1.807, 2.05) is 0 Å². The number of carbonyl (C=O) groups is 2. The van der Waals surface area contributed by atoms with Crippen LogP contribution in [0.1, 0.15) is 32.1 Å². The molecule has 2 aliphatic rings. The van der Waals surface area contributed by atoms with Crippen LogP contribution >= 0.6 is 0 Å². The van der Waals surface area contributed by atoms with E-state index in [0.717, 1.165) is 12.8 Å². The van der Waals surface area contributed by atoms with E-state index in [4.69, 9.17) is 5.11 Å². The lowest BCUT2D eigenvalue weighted by molar-refractivity contribution is -0.141. The zero-order valence-electron chi connectivity index (χ0n) is 9.84. The molecule has 5 nitrogen and oxygen atoms in total. The van der Waals surface area contributed by atoms with Crippen LogP contribution in [0.2, 0.25) is 0 Å². The van der Waals surface area contributed by atoms with Crippen LogP contribution in [0.25, 0.3) is 0 Å². The minimum absolute atomic E-state index is 0.0147. The van der Waals surface area contributed by atoms with Gasteiger partial charge in [0.15, 0.2) is 0 Å². The third kappa shape index (κ3) is 2.44. The quantitative estimate of drug-likeness (QED) is 0.753. The molecule has 5 heteroatoms. The number of carbonyl (C=O) groups excluding carboxylic acids is 1. The summed E-state index contributed by atoms with van der Waals surface area (Å²) < 4.78 is 0. The molecule has 0 spiro atoms. The molecule has 3 atom stereocenters. The summed E-state index contributed by atoms with van der Waals surface area (Å²) in [5.41, 5.74) is 0. The summed E-state index contributed by atoms with van der Waals surface area (Å²) in [6.07, 6.45) is 3.53. The second kappa shape index (κ2) is 5.04. The van der Waals surface area contributed by atoms with Gasteiger partial charge in [0.2, 0.25) is 5.91 Å². The summed E-state index contributed by atoms with van der Waals surface area (Å²) in [5.74, 6) is -1.26. The molecule has 0 aromatic carbocycles. The lowest BCUT2D eigenvalue weighted by atomic mass is 10.0. The molecule has 0 unspecified atom stereocenters. The first kappa shape index (κ1) is 12.4. The molecule has 1 saturated heterocycles. The topological polar surface area (TPSA) is 77.8 Å². The van der Waals surface area contributed by atoms with Crippen molar-refractivity contribution in [1.82, 2.24) is 4.90 Å². The third-order valence-corrected chi connectivity index (χ3v) is 4.00. The first-order chi connectivity index (χ1) is 8.13. The van der Waals surface area contributed by atoms with E-state index in [-0.39, 0.29) is 30.4 Å². The van der Waals surface area contributed by atoms with Crippen molar-refractivity contribution in [3.05, 3.63) is 0 Å². The number of carboxylic acids is 1. The van der Waals surface area contributed by atoms with Gasteiger partial charge in [-0.15, -0.1) is 0 Å². The van der Waals surface area contributed by atoms with Crippen molar-refractivity contribution in [2.75, 3.05) is 13.2 Å². The highest BCUT2D eigenvalue weighted by atomic mass is 16.4. The highest BCUT2D eigenvalue weighted by molar-refractivity contribution is 5.81. The van der Waals surface area contributed by atoms with E-state index in [9.17, 15) is 14.7 Å². The van der Waals surface area contributed by atoms with Crippen LogP contribution in [0.5, 0.6) is 0 Å². The molecule has 1 amide bonds. The Morgan fingerprint density at radius 2 is 1.88 bits per heavy atom. The van der Waals surface area contributed by atoms with Crippen LogP contribution in [0.4, 0.5) is 0 Å². The zero-order chi connectivity index (χ0) is 12.4. The number of carboxylic acid groups (broad SMARTS) is 1. The van der Waals surface area contributed by atoms with Crippen molar-refractivity contribution in [1.29, 1.82) is 0 Å². The van der Waals surface area contributed by atoms with Crippen molar-refractivity contribution >= 4 is 11.9 Å². The van der Waals surface area contributed by atoms with Crippen LogP contribution in [0, 0.1) is 11.8 Å². The van der Waals surface area contributed by atoms with Crippen LogP contribution in [0.15, 0.2) is 0 Å². The maximum atomic E-state index is 12.2. The Morgan fingerprint density at radius 1 is 1.18 bits per heavy atom. The molecule has 0 radical (unpaired) electrons. The highest BCUT2D eigenvalue weighted by Gasteiger charge is 2.38. The molecular weight excluding hydrogens is 222 g/mol. The van der Waals surface area contributed by atoms with Gasteiger partial charge in [-0.25, -0.2) is 0 Å². The van der Waals surface area contributed by atoms with Crippen molar-refractivity contribution in [2.45, 2.75) is 38.1 Å². The average molecular weight is 241 g/mol. The van der Waals surface area contributed by atoms with Crippen molar-refractivity contribution in [2.24, 2.45) is 11.8 Å². The van der Waals surface area contributed by atoms with Gasteiger partial charge >= 0.3 is 5.97 Å². The molecule has 0 aromatic heterocycles. The molecule has 96 valence electrons. The number of hydrogen-bond donors (Lipinski definition) is 2. The van der Waals surface area contributed by atoms with Crippen LogP contribution in [0.3, 0.4) is 0 Å². The van der Waals surface area contributed by atoms with Crippen LogP contribution < -0.4 is 0 Å². The molecule has 1 saturated carbocycles.